The minimum absolute atomic E-state index is 0.0654. The van der Waals surface area contributed by atoms with E-state index in [0.717, 1.165) is 5.56 Å². The van der Waals surface area contributed by atoms with Gasteiger partial charge < -0.3 is 14.9 Å². The number of phenols is 1. The maximum absolute atomic E-state index is 10.6. The molecule has 0 aromatic heterocycles. The van der Waals surface area contributed by atoms with E-state index in [9.17, 15) is 9.90 Å². The standard InChI is InChI=1S/C15H14O4/c16-12-6-8-13(9-7-12)19-14-4-2-1-3-11(14)5-10-15(17)18/h1-4,6-9,16H,5,10H2,(H,17,18). The SMILES string of the molecule is O=C(O)CCc1ccccc1Oc1ccc(O)cc1. The van der Waals surface area contributed by atoms with Gasteiger partial charge >= 0.3 is 5.97 Å². The number of hydrogen-bond donors (Lipinski definition) is 2. The zero-order valence-electron chi connectivity index (χ0n) is 10.2. The number of aryl methyl sites for hydroxylation is 1. The largest absolute Gasteiger partial charge is 0.508 e. The molecular weight excluding hydrogens is 244 g/mol. The van der Waals surface area contributed by atoms with Crippen LogP contribution in [0.1, 0.15) is 12.0 Å². The summed E-state index contributed by atoms with van der Waals surface area (Å²) in [7, 11) is 0. The van der Waals surface area contributed by atoms with Gasteiger partial charge in [0, 0.05) is 6.42 Å². The summed E-state index contributed by atoms with van der Waals surface area (Å²) < 4.78 is 5.69. The molecule has 0 saturated heterocycles. The minimum atomic E-state index is -0.834. The highest BCUT2D eigenvalue weighted by Crippen LogP contribution is 2.27. The van der Waals surface area contributed by atoms with E-state index in [1.165, 1.54) is 12.1 Å². The Bertz CT molecular complexity index is 561. The lowest BCUT2D eigenvalue weighted by molar-refractivity contribution is -0.136. The van der Waals surface area contributed by atoms with Crippen LogP contribution in [0.3, 0.4) is 0 Å². The zero-order chi connectivity index (χ0) is 13.7. The molecule has 4 nitrogen and oxygen atoms in total. The lowest BCUT2D eigenvalue weighted by atomic mass is 10.1. The number of hydrogen-bond acceptors (Lipinski definition) is 3. The average molecular weight is 258 g/mol. The minimum Gasteiger partial charge on any atom is -0.508 e. The second-order valence-corrected chi connectivity index (χ2v) is 4.10. The summed E-state index contributed by atoms with van der Waals surface area (Å²) in [5.74, 6) is 0.570. The first kappa shape index (κ1) is 13.0. The maximum atomic E-state index is 10.6. The van der Waals surface area contributed by atoms with E-state index in [0.29, 0.717) is 17.9 Å². The Morgan fingerprint density at radius 3 is 2.42 bits per heavy atom. The van der Waals surface area contributed by atoms with Crippen molar-refractivity contribution in [3.63, 3.8) is 0 Å². The summed E-state index contributed by atoms with van der Waals surface area (Å²) >= 11 is 0. The predicted molar refractivity (Wildman–Crippen MR) is 70.6 cm³/mol. The van der Waals surface area contributed by atoms with Gasteiger partial charge in [-0.2, -0.15) is 0 Å². The van der Waals surface area contributed by atoms with Crippen LogP contribution in [-0.4, -0.2) is 16.2 Å². The van der Waals surface area contributed by atoms with Crippen molar-refractivity contribution in [3.05, 3.63) is 54.1 Å². The normalized spacial score (nSPS) is 10.1. The molecule has 0 aliphatic carbocycles. The Kier molecular flexibility index (Phi) is 4.03. The fraction of sp³-hybridized carbons (Fsp3) is 0.133. The highest BCUT2D eigenvalue weighted by Gasteiger charge is 2.06. The molecule has 0 saturated carbocycles. The Morgan fingerprint density at radius 1 is 1.05 bits per heavy atom. The highest BCUT2D eigenvalue weighted by molar-refractivity contribution is 5.67. The van der Waals surface area contributed by atoms with Gasteiger partial charge in [-0.1, -0.05) is 18.2 Å². The molecule has 0 aliphatic rings. The molecular formula is C15H14O4. The lowest BCUT2D eigenvalue weighted by Crippen LogP contribution is -1.99. The molecule has 2 aromatic rings. The molecule has 0 heterocycles. The van der Waals surface area contributed by atoms with E-state index in [2.05, 4.69) is 0 Å². The number of carboxylic acid groups (broad SMARTS) is 1. The number of para-hydroxylation sites is 1. The van der Waals surface area contributed by atoms with Crippen LogP contribution >= 0.6 is 0 Å². The van der Waals surface area contributed by atoms with Gasteiger partial charge in [0.05, 0.1) is 0 Å². The van der Waals surface area contributed by atoms with Crippen molar-refractivity contribution in [2.45, 2.75) is 12.8 Å². The average Bonchev–Trinajstić information content (AvgIpc) is 2.40. The smallest absolute Gasteiger partial charge is 0.303 e. The molecule has 0 aliphatic heterocycles. The molecule has 0 spiro atoms. The topological polar surface area (TPSA) is 66.8 Å². The van der Waals surface area contributed by atoms with Gasteiger partial charge in [0.15, 0.2) is 0 Å². The van der Waals surface area contributed by atoms with Crippen LogP contribution in [0.4, 0.5) is 0 Å². The van der Waals surface area contributed by atoms with Crippen LogP contribution < -0.4 is 4.74 Å². The van der Waals surface area contributed by atoms with Crippen LogP contribution in [0.25, 0.3) is 0 Å². The Morgan fingerprint density at radius 2 is 1.74 bits per heavy atom. The molecule has 0 fully saturated rings. The number of benzene rings is 2. The predicted octanol–water partition coefficient (Wildman–Crippen LogP) is 3.20. The second-order valence-electron chi connectivity index (χ2n) is 4.10. The van der Waals surface area contributed by atoms with Crippen molar-refractivity contribution in [1.82, 2.24) is 0 Å². The molecule has 2 aromatic carbocycles. The second kappa shape index (κ2) is 5.91. The highest BCUT2D eigenvalue weighted by atomic mass is 16.5. The third kappa shape index (κ3) is 3.74. The molecule has 98 valence electrons. The number of carbonyl (C=O) groups is 1. The summed E-state index contributed by atoms with van der Waals surface area (Å²) in [6, 6.07) is 13.7. The van der Waals surface area contributed by atoms with Gasteiger partial charge in [-0.05, 0) is 42.3 Å². The van der Waals surface area contributed by atoms with E-state index < -0.39 is 5.97 Å². The number of phenolic OH excluding ortho intramolecular Hbond substituents is 1. The van der Waals surface area contributed by atoms with Crippen molar-refractivity contribution in [3.8, 4) is 17.2 Å². The summed E-state index contributed by atoms with van der Waals surface area (Å²) in [4.78, 5) is 10.6. The molecule has 0 radical (unpaired) electrons. The van der Waals surface area contributed by atoms with Crippen molar-refractivity contribution in [2.24, 2.45) is 0 Å². The number of aliphatic carboxylic acids is 1. The third-order valence-corrected chi connectivity index (χ3v) is 2.65. The fourth-order valence-corrected chi connectivity index (χ4v) is 1.69. The van der Waals surface area contributed by atoms with Crippen molar-refractivity contribution < 1.29 is 19.7 Å². The number of rotatable bonds is 5. The maximum Gasteiger partial charge on any atom is 0.303 e. The Labute approximate surface area is 110 Å². The quantitative estimate of drug-likeness (QED) is 0.864. The molecule has 2 rings (SSSR count). The Balaban J connectivity index is 2.15. The van der Waals surface area contributed by atoms with E-state index in [1.54, 1.807) is 18.2 Å². The van der Waals surface area contributed by atoms with Gasteiger partial charge in [0.25, 0.3) is 0 Å². The molecule has 0 unspecified atom stereocenters. The summed E-state index contributed by atoms with van der Waals surface area (Å²) in [5.41, 5.74) is 0.845. The molecule has 4 heteroatoms. The first-order valence-electron chi connectivity index (χ1n) is 5.92. The molecule has 19 heavy (non-hydrogen) atoms. The fourth-order valence-electron chi connectivity index (χ4n) is 1.69. The van der Waals surface area contributed by atoms with E-state index in [-0.39, 0.29) is 12.2 Å². The number of carboxylic acids is 1. The van der Waals surface area contributed by atoms with Gasteiger partial charge in [-0.15, -0.1) is 0 Å². The first-order valence-corrected chi connectivity index (χ1v) is 5.92. The molecule has 0 bridgehead atoms. The van der Waals surface area contributed by atoms with Gasteiger partial charge in [-0.3, -0.25) is 4.79 Å². The molecule has 0 atom stereocenters. The van der Waals surface area contributed by atoms with Crippen LogP contribution in [0.15, 0.2) is 48.5 Å². The van der Waals surface area contributed by atoms with Crippen LogP contribution in [-0.2, 0) is 11.2 Å². The van der Waals surface area contributed by atoms with E-state index in [1.807, 2.05) is 18.2 Å². The van der Waals surface area contributed by atoms with Crippen LogP contribution in [0.2, 0.25) is 0 Å². The van der Waals surface area contributed by atoms with Crippen LogP contribution in [0, 0.1) is 0 Å². The van der Waals surface area contributed by atoms with E-state index in [4.69, 9.17) is 9.84 Å². The summed E-state index contributed by atoms with van der Waals surface area (Å²) in [6.07, 6.45) is 0.486. The van der Waals surface area contributed by atoms with Crippen molar-refractivity contribution in [2.75, 3.05) is 0 Å². The van der Waals surface area contributed by atoms with Gasteiger partial charge in [-0.25, -0.2) is 0 Å². The summed E-state index contributed by atoms with van der Waals surface area (Å²) in [6.45, 7) is 0. The molecule has 2 N–H and O–H groups in total. The van der Waals surface area contributed by atoms with E-state index >= 15 is 0 Å². The molecule has 0 amide bonds. The van der Waals surface area contributed by atoms with Crippen molar-refractivity contribution in [1.29, 1.82) is 0 Å². The summed E-state index contributed by atoms with van der Waals surface area (Å²) in [5, 5.41) is 17.9. The number of aromatic hydroxyl groups is 1. The third-order valence-electron chi connectivity index (χ3n) is 2.65. The van der Waals surface area contributed by atoms with Crippen LogP contribution in [0.5, 0.6) is 17.2 Å². The Hall–Kier alpha value is -2.49. The first-order chi connectivity index (χ1) is 9.15. The monoisotopic (exact) mass is 258 g/mol. The van der Waals surface area contributed by atoms with Gasteiger partial charge in [0.2, 0.25) is 0 Å². The lowest BCUT2D eigenvalue weighted by Gasteiger charge is -2.10. The number of ether oxygens (including phenoxy) is 1. The van der Waals surface area contributed by atoms with Crippen molar-refractivity contribution >= 4 is 5.97 Å². The van der Waals surface area contributed by atoms with Gasteiger partial charge in [0.1, 0.15) is 17.2 Å². The zero-order valence-corrected chi connectivity index (χ0v) is 10.2.